The topological polar surface area (TPSA) is 46.2 Å². The van der Waals surface area contributed by atoms with Crippen LogP contribution in [0.5, 0.6) is 0 Å². The minimum Gasteiger partial charge on any atom is -0.410 e. The minimum absolute atomic E-state index is 0.0189. The highest BCUT2D eigenvalue weighted by Gasteiger charge is 2.65. The Kier molecular flexibility index (Phi) is 13.3. The van der Waals surface area contributed by atoms with Gasteiger partial charge in [-0.15, -0.1) is 30.1 Å². The molecule has 4 fully saturated rings. The molecule has 1 unspecified atom stereocenters. The Bertz CT molecular complexity index is 866. The van der Waals surface area contributed by atoms with Crippen LogP contribution in [0.3, 0.4) is 0 Å². The van der Waals surface area contributed by atoms with Crippen LogP contribution >= 0.6 is 23.5 Å². The van der Waals surface area contributed by atoms with Gasteiger partial charge < -0.3 is 23.1 Å². The van der Waals surface area contributed by atoms with Crippen molar-refractivity contribution in [3.8, 4) is 0 Å². The Balaban J connectivity index is 1.56. The monoisotopic (exact) mass is 672 g/mol. The summed E-state index contributed by atoms with van der Waals surface area (Å²) >= 11 is 4.25. The summed E-state index contributed by atoms with van der Waals surface area (Å²) in [4.78, 5) is 0. The van der Waals surface area contributed by atoms with Crippen LogP contribution in [0.2, 0.25) is 36.3 Å². The second kappa shape index (κ2) is 15.7. The van der Waals surface area contributed by atoms with E-state index in [1.54, 1.807) is 0 Å². The van der Waals surface area contributed by atoms with Crippen molar-refractivity contribution in [1.29, 1.82) is 0 Å². The summed E-state index contributed by atoms with van der Waals surface area (Å²) in [6.07, 6.45) is 12.5. The van der Waals surface area contributed by atoms with Crippen LogP contribution in [0.15, 0.2) is 12.7 Å². The molecule has 0 aliphatic carbocycles. The molecule has 5 nitrogen and oxygen atoms in total. The Morgan fingerprint density at radius 1 is 0.814 bits per heavy atom. The Morgan fingerprint density at radius 3 is 2.07 bits per heavy atom. The zero-order valence-corrected chi connectivity index (χ0v) is 32.3. The Labute approximate surface area is 275 Å². The van der Waals surface area contributed by atoms with Gasteiger partial charge in [0.15, 0.2) is 28.2 Å². The van der Waals surface area contributed by atoms with Crippen molar-refractivity contribution in [3.05, 3.63) is 12.7 Å². The van der Waals surface area contributed by atoms with Gasteiger partial charge in [0.05, 0.1) is 22.9 Å². The minimum atomic E-state index is -1.92. The molecular formula is C34H64O5S2Si2. The van der Waals surface area contributed by atoms with Crippen LogP contribution in [0.4, 0.5) is 0 Å². The van der Waals surface area contributed by atoms with Crippen molar-refractivity contribution in [2.75, 3.05) is 11.5 Å². The second-order valence-electron chi connectivity index (χ2n) is 13.9. The maximum absolute atomic E-state index is 7.43. The van der Waals surface area contributed by atoms with E-state index in [1.807, 2.05) is 6.08 Å². The molecule has 0 bridgehead atoms. The van der Waals surface area contributed by atoms with Crippen molar-refractivity contribution in [2.45, 2.75) is 189 Å². The summed E-state index contributed by atoms with van der Waals surface area (Å²) in [5.41, 5.74) is -0.480. The van der Waals surface area contributed by atoms with E-state index in [2.05, 4.69) is 78.6 Å². The Hall–Kier alpha value is 0.674. The fourth-order valence-electron chi connectivity index (χ4n) is 8.14. The predicted molar refractivity (Wildman–Crippen MR) is 190 cm³/mol. The van der Waals surface area contributed by atoms with E-state index in [1.165, 1.54) is 17.9 Å². The quantitative estimate of drug-likeness (QED) is 0.127. The van der Waals surface area contributed by atoms with Gasteiger partial charge in [-0.2, -0.15) is 0 Å². The van der Waals surface area contributed by atoms with Gasteiger partial charge in [-0.05, 0) is 93.2 Å². The third-order valence-corrected chi connectivity index (χ3v) is 24.0. The molecule has 6 atom stereocenters. The van der Waals surface area contributed by atoms with Crippen LogP contribution in [0.1, 0.15) is 113 Å². The lowest BCUT2D eigenvalue weighted by Crippen LogP contribution is -2.65. The summed E-state index contributed by atoms with van der Waals surface area (Å²) in [7, 11) is -3.68. The van der Waals surface area contributed by atoms with Gasteiger partial charge in [0, 0.05) is 25.7 Å². The number of hydrogen-bond acceptors (Lipinski definition) is 7. The summed E-state index contributed by atoms with van der Waals surface area (Å²) in [6.45, 7) is 20.4. The van der Waals surface area contributed by atoms with Gasteiger partial charge in [0.2, 0.25) is 0 Å². The van der Waals surface area contributed by atoms with Gasteiger partial charge in [0.25, 0.3) is 0 Å². The largest absolute Gasteiger partial charge is 0.410 e. The smallest absolute Gasteiger partial charge is 0.199 e. The van der Waals surface area contributed by atoms with E-state index in [0.717, 1.165) is 94.1 Å². The first kappa shape index (κ1) is 36.5. The summed E-state index contributed by atoms with van der Waals surface area (Å²) in [6, 6.07) is 6.81. The van der Waals surface area contributed by atoms with Gasteiger partial charge >= 0.3 is 0 Å². The molecule has 4 heterocycles. The first-order valence-electron chi connectivity index (χ1n) is 17.9. The molecule has 0 N–H and O–H groups in total. The molecule has 43 heavy (non-hydrogen) atoms. The molecule has 9 heteroatoms. The first-order valence-corrected chi connectivity index (χ1v) is 25.1. The highest BCUT2D eigenvalue weighted by atomic mass is 32.2. The van der Waals surface area contributed by atoms with Crippen molar-refractivity contribution in [3.63, 3.8) is 0 Å². The van der Waals surface area contributed by atoms with Crippen molar-refractivity contribution >= 4 is 40.2 Å². The average Bonchev–Trinajstić information content (AvgIpc) is 3.38. The molecule has 4 rings (SSSR count). The van der Waals surface area contributed by atoms with Gasteiger partial charge in [0.1, 0.15) is 5.60 Å². The lowest BCUT2D eigenvalue weighted by molar-refractivity contribution is -0.399. The molecule has 0 radical (unpaired) electrons. The number of rotatable bonds is 15. The molecule has 4 aliphatic heterocycles. The zero-order chi connectivity index (χ0) is 31.2. The molecule has 4 saturated heterocycles. The average molecular weight is 673 g/mol. The molecule has 2 spiro atoms. The fourth-order valence-corrected chi connectivity index (χ4v) is 17.1. The molecule has 4 aliphatic rings. The number of hydrogen-bond donors (Lipinski definition) is 0. The standard InChI is InChI=1S/C34H64O5S2Si2/c1-9-28(37-42(10-2,11-3)12-4)26-30-19-21-32(8,39-43(13-5,14-6)15-7)34(36-30)23-22-33(38-34)20-16-18-29(35-33)27-31-40-24-17-25-41-31/h9,28-31H,1,10-27H2,2-8H3/t28?,29-,30+,32-,33-,34-/m1/s1. The van der Waals surface area contributed by atoms with E-state index in [4.69, 9.17) is 23.1 Å². The third-order valence-electron chi connectivity index (χ3n) is 11.6. The summed E-state index contributed by atoms with van der Waals surface area (Å²) in [5, 5.41) is 0. The maximum Gasteiger partial charge on any atom is 0.199 e. The lowest BCUT2D eigenvalue weighted by atomic mass is 9.82. The van der Waals surface area contributed by atoms with Gasteiger partial charge in [-0.25, -0.2) is 0 Å². The van der Waals surface area contributed by atoms with E-state index in [0.29, 0.717) is 4.58 Å². The van der Waals surface area contributed by atoms with Crippen LogP contribution in [-0.2, 0) is 23.1 Å². The van der Waals surface area contributed by atoms with E-state index >= 15 is 0 Å². The van der Waals surface area contributed by atoms with Gasteiger partial charge in [-0.1, -0.05) is 47.6 Å². The van der Waals surface area contributed by atoms with Crippen LogP contribution < -0.4 is 0 Å². The van der Waals surface area contributed by atoms with Crippen LogP contribution in [0.25, 0.3) is 0 Å². The van der Waals surface area contributed by atoms with E-state index in [9.17, 15) is 0 Å². The van der Waals surface area contributed by atoms with Crippen LogP contribution in [0, 0.1) is 0 Å². The molecule has 250 valence electrons. The SMILES string of the molecule is C=CC(C[C@@H]1CC[C@@](C)(O[Si](CC)(CC)CC)[C@]2(CC[C@@]3(CCC[C@H](CC4SCCCS4)O3)O2)O1)O[Si](CC)(CC)CC. The molecule has 0 saturated carbocycles. The predicted octanol–water partition coefficient (Wildman–Crippen LogP) is 10.3. The normalized spacial score (nSPS) is 35.0. The molecular weight excluding hydrogens is 609 g/mol. The molecule has 0 amide bonds. The van der Waals surface area contributed by atoms with Crippen molar-refractivity contribution in [1.82, 2.24) is 0 Å². The van der Waals surface area contributed by atoms with Gasteiger partial charge in [-0.3, -0.25) is 0 Å². The number of ether oxygens (including phenoxy) is 3. The highest BCUT2D eigenvalue weighted by Crippen LogP contribution is 2.56. The lowest BCUT2D eigenvalue weighted by Gasteiger charge is -2.55. The molecule has 0 aromatic carbocycles. The van der Waals surface area contributed by atoms with Crippen LogP contribution in [-0.4, -0.2) is 68.2 Å². The highest BCUT2D eigenvalue weighted by molar-refractivity contribution is 8.17. The maximum atomic E-state index is 7.43. The first-order chi connectivity index (χ1) is 20.6. The van der Waals surface area contributed by atoms with E-state index < -0.39 is 33.8 Å². The summed E-state index contributed by atoms with van der Waals surface area (Å²) < 4.78 is 36.6. The van der Waals surface area contributed by atoms with E-state index in [-0.39, 0.29) is 18.3 Å². The molecule has 0 aromatic heterocycles. The fraction of sp³-hybridized carbons (Fsp3) is 0.941. The second-order valence-corrected chi connectivity index (χ2v) is 26.2. The van der Waals surface area contributed by atoms with Crippen molar-refractivity contribution in [2.24, 2.45) is 0 Å². The summed E-state index contributed by atoms with van der Waals surface area (Å²) in [5.74, 6) is 1.22. The number of thioether (sulfide) groups is 2. The third kappa shape index (κ3) is 8.22. The Morgan fingerprint density at radius 2 is 1.47 bits per heavy atom. The zero-order valence-electron chi connectivity index (χ0n) is 28.7. The molecule has 0 aromatic rings. The van der Waals surface area contributed by atoms with Crippen molar-refractivity contribution < 1.29 is 23.1 Å².